The third-order valence-corrected chi connectivity index (χ3v) is 2.66. The van der Waals surface area contributed by atoms with Gasteiger partial charge in [-0.25, -0.2) is 4.98 Å². The highest BCUT2D eigenvalue weighted by atomic mass is 35.5. The lowest BCUT2D eigenvalue weighted by molar-refractivity contribution is 0.147. The molecule has 1 heterocycles. The first-order valence-electron chi connectivity index (χ1n) is 5.15. The maximum atomic E-state index is 5.86. The summed E-state index contributed by atoms with van der Waals surface area (Å²) >= 11 is 5.86. The highest BCUT2D eigenvalue weighted by molar-refractivity contribution is 6.28. The van der Waals surface area contributed by atoms with E-state index in [1.54, 1.807) is 6.20 Å². The van der Waals surface area contributed by atoms with Crippen LogP contribution in [0.15, 0.2) is 6.20 Å². The summed E-state index contributed by atoms with van der Waals surface area (Å²) in [4.78, 5) is 4.04. The minimum atomic E-state index is 0.232. The van der Waals surface area contributed by atoms with Crippen LogP contribution in [0.3, 0.4) is 0 Å². The molecule has 0 aliphatic carbocycles. The Balaban J connectivity index is 2.40. The topological polar surface area (TPSA) is 39.1 Å². The van der Waals surface area contributed by atoms with Gasteiger partial charge in [0.25, 0.3) is 0 Å². The fraction of sp³-hybridized carbons (Fsp3) is 0.700. The first kappa shape index (κ1) is 12.5. The van der Waals surface area contributed by atoms with Crippen LogP contribution >= 0.6 is 11.6 Å². The average Bonchev–Trinajstić information content (AvgIpc) is 2.55. The lowest BCUT2D eigenvalue weighted by Crippen LogP contribution is -2.24. The third kappa shape index (κ3) is 3.48. The van der Waals surface area contributed by atoms with Crippen molar-refractivity contribution in [2.24, 2.45) is 7.05 Å². The zero-order valence-electron chi connectivity index (χ0n) is 9.46. The number of hydrogen-bond acceptors (Lipinski definition) is 3. The van der Waals surface area contributed by atoms with E-state index in [4.69, 9.17) is 16.3 Å². The first-order valence-corrected chi connectivity index (χ1v) is 5.52. The molecule has 4 nitrogen and oxygen atoms in total. The summed E-state index contributed by atoms with van der Waals surface area (Å²) in [6.07, 6.45) is 1.79. The van der Waals surface area contributed by atoms with Gasteiger partial charge in [0.05, 0.1) is 18.5 Å². The Morgan fingerprint density at radius 3 is 2.93 bits per heavy atom. The Hall–Kier alpha value is -0.580. The van der Waals surface area contributed by atoms with Crippen LogP contribution in [-0.2, 0) is 11.8 Å². The Morgan fingerprint density at radius 1 is 1.67 bits per heavy atom. The van der Waals surface area contributed by atoms with Gasteiger partial charge in [-0.3, -0.25) is 0 Å². The first-order chi connectivity index (χ1) is 7.16. The molecule has 1 rings (SSSR count). The summed E-state index contributed by atoms with van der Waals surface area (Å²) in [5.74, 6) is 0. The third-order valence-electron chi connectivity index (χ3n) is 2.31. The van der Waals surface area contributed by atoms with Crippen molar-refractivity contribution >= 4 is 11.6 Å². The highest BCUT2D eigenvalue weighted by Crippen LogP contribution is 2.15. The number of nitrogens with zero attached hydrogens (tertiary/aromatic N) is 2. The molecule has 0 aromatic carbocycles. The number of nitrogens with one attached hydrogen (secondary N) is 1. The number of hydrogen-bond donors (Lipinski definition) is 1. The number of halogens is 1. The summed E-state index contributed by atoms with van der Waals surface area (Å²) in [6, 6.07) is 0.232. The molecule has 0 aliphatic rings. The van der Waals surface area contributed by atoms with E-state index in [9.17, 15) is 0 Å². The van der Waals surface area contributed by atoms with Crippen molar-refractivity contribution in [3.8, 4) is 0 Å². The molecule has 0 saturated carbocycles. The van der Waals surface area contributed by atoms with Gasteiger partial charge in [0, 0.05) is 26.2 Å². The van der Waals surface area contributed by atoms with Crippen molar-refractivity contribution in [1.82, 2.24) is 14.9 Å². The summed E-state index contributed by atoms with van der Waals surface area (Å²) in [7, 11) is 1.91. The molecule has 1 atom stereocenters. The van der Waals surface area contributed by atoms with Gasteiger partial charge in [-0.1, -0.05) is 0 Å². The van der Waals surface area contributed by atoms with Crippen molar-refractivity contribution in [2.75, 3.05) is 19.8 Å². The minimum absolute atomic E-state index is 0.232. The quantitative estimate of drug-likeness (QED) is 0.759. The van der Waals surface area contributed by atoms with Gasteiger partial charge in [0.15, 0.2) is 0 Å². The Bertz CT molecular complexity index is 301. The molecule has 0 bridgehead atoms. The molecule has 0 fully saturated rings. The van der Waals surface area contributed by atoms with Crippen molar-refractivity contribution in [1.29, 1.82) is 0 Å². The maximum absolute atomic E-state index is 5.86. The predicted octanol–water partition coefficient (Wildman–Crippen LogP) is 1.76. The molecule has 86 valence electrons. The Kier molecular flexibility index (Phi) is 5.08. The molecule has 5 heteroatoms. The summed E-state index contributed by atoms with van der Waals surface area (Å²) in [5.41, 5.74) is 1.08. The van der Waals surface area contributed by atoms with Gasteiger partial charge in [-0.15, -0.1) is 0 Å². The lowest BCUT2D eigenvalue weighted by atomic mass is 10.2. The van der Waals surface area contributed by atoms with E-state index in [1.165, 1.54) is 0 Å². The average molecular weight is 232 g/mol. The second-order valence-electron chi connectivity index (χ2n) is 3.38. The van der Waals surface area contributed by atoms with Crippen molar-refractivity contribution in [2.45, 2.75) is 19.9 Å². The van der Waals surface area contributed by atoms with E-state index >= 15 is 0 Å². The monoisotopic (exact) mass is 231 g/mol. The molecule has 0 spiro atoms. The van der Waals surface area contributed by atoms with Gasteiger partial charge in [0.1, 0.15) is 0 Å². The number of ether oxygens (including phenoxy) is 1. The van der Waals surface area contributed by atoms with Crippen LogP contribution in [0.1, 0.15) is 25.6 Å². The molecule has 1 aromatic heterocycles. The maximum Gasteiger partial charge on any atom is 0.202 e. The van der Waals surface area contributed by atoms with Crippen molar-refractivity contribution in [3.05, 3.63) is 17.2 Å². The molecule has 1 unspecified atom stereocenters. The van der Waals surface area contributed by atoms with Gasteiger partial charge < -0.3 is 14.6 Å². The largest absolute Gasteiger partial charge is 0.380 e. The standard InChI is InChI=1S/C10H18ClN3O/c1-4-15-6-5-12-8(2)9-7-13-10(11)14(9)3/h7-8,12H,4-6H2,1-3H3. The van der Waals surface area contributed by atoms with E-state index in [2.05, 4.69) is 17.2 Å². The van der Waals surface area contributed by atoms with Gasteiger partial charge in [-0.05, 0) is 25.4 Å². The van der Waals surface area contributed by atoms with Crippen molar-refractivity contribution in [3.63, 3.8) is 0 Å². The highest BCUT2D eigenvalue weighted by Gasteiger charge is 2.10. The fourth-order valence-electron chi connectivity index (χ4n) is 1.40. The van der Waals surface area contributed by atoms with E-state index in [1.807, 2.05) is 18.5 Å². The molecule has 1 N–H and O–H groups in total. The summed E-state index contributed by atoms with van der Waals surface area (Å²) in [5, 5.41) is 3.86. The molecule has 0 aliphatic heterocycles. The SMILES string of the molecule is CCOCCNC(C)c1cnc(Cl)n1C. The molecular formula is C10H18ClN3O. The van der Waals surface area contributed by atoms with Crippen LogP contribution < -0.4 is 5.32 Å². The number of imidazole rings is 1. The zero-order valence-corrected chi connectivity index (χ0v) is 10.2. The van der Waals surface area contributed by atoms with Crippen LogP contribution in [0.25, 0.3) is 0 Å². The second kappa shape index (κ2) is 6.10. The molecule has 0 radical (unpaired) electrons. The smallest absolute Gasteiger partial charge is 0.202 e. The zero-order chi connectivity index (χ0) is 11.3. The molecule has 1 aromatic rings. The minimum Gasteiger partial charge on any atom is -0.380 e. The summed E-state index contributed by atoms with van der Waals surface area (Å²) < 4.78 is 7.12. The van der Waals surface area contributed by atoms with Crippen LogP contribution in [0.4, 0.5) is 0 Å². The normalized spacial score (nSPS) is 13.1. The second-order valence-corrected chi connectivity index (χ2v) is 3.72. The van der Waals surface area contributed by atoms with E-state index in [-0.39, 0.29) is 6.04 Å². The molecular weight excluding hydrogens is 214 g/mol. The van der Waals surface area contributed by atoms with Crippen LogP contribution in [-0.4, -0.2) is 29.3 Å². The Morgan fingerprint density at radius 2 is 2.40 bits per heavy atom. The Labute approximate surface area is 95.6 Å². The number of aromatic nitrogens is 2. The summed E-state index contributed by atoms with van der Waals surface area (Å²) in [6.45, 7) is 6.39. The molecule has 0 amide bonds. The van der Waals surface area contributed by atoms with E-state index in [0.29, 0.717) is 5.28 Å². The molecule has 15 heavy (non-hydrogen) atoms. The van der Waals surface area contributed by atoms with Crippen molar-refractivity contribution < 1.29 is 4.74 Å². The van der Waals surface area contributed by atoms with Crippen LogP contribution in [0, 0.1) is 0 Å². The number of rotatable bonds is 6. The predicted molar refractivity (Wildman–Crippen MR) is 61.1 cm³/mol. The molecule has 0 saturated heterocycles. The van der Waals surface area contributed by atoms with Gasteiger partial charge >= 0.3 is 0 Å². The lowest BCUT2D eigenvalue weighted by Gasteiger charge is -2.14. The van der Waals surface area contributed by atoms with E-state index in [0.717, 1.165) is 25.5 Å². The van der Waals surface area contributed by atoms with Gasteiger partial charge in [-0.2, -0.15) is 0 Å². The van der Waals surface area contributed by atoms with E-state index < -0.39 is 0 Å². The fourth-order valence-corrected chi connectivity index (χ4v) is 1.54. The van der Waals surface area contributed by atoms with Crippen LogP contribution in [0.2, 0.25) is 5.28 Å². The van der Waals surface area contributed by atoms with Crippen LogP contribution in [0.5, 0.6) is 0 Å². The van der Waals surface area contributed by atoms with Gasteiger partial charge in [0.2, 0.25) is 5.28 Å².